The summed E-state index contributed by atoms with van der Waals surface area (Å²) in [5.74, 6) is -2.64. The summed E-state index contributed by atoms with van der Waals surface area (Å²) in [4.78, 5) is 20.9. The van der Waals surface area contributed by atoms with E-state index in [9.17, 15) is 14.7 Å². The van der Waals surface area contributed by atoms with Gasteiger partial charge >= 0.3 is 5.97 Å². The number of hydrogen-bond acceptors (Lipinski definition) is 2. The first-order valence-electron chi connectivity index (χ1n) is 3.43. The van der Waals surface area contributed by atoms with E-state index in [0.717, 1.165) is 5.56 Å². The van der Waals surface area contributed by atoms with Crippen LogP contribution in [-0.2, 0) is 9.90 Å². The molecule has 0 bridgehead atoms. The smallest absolute Gasteiger partial charge is 0.281 e. The first kappa shape index (κ1) is 8.46. The van der Waals surface area contributed by atoms with Gasteiger partial charge in [-0.3, -0.25) is 4.79 Å². The molecule has 61 valence electrons. The van der Waals surface area contributed by atoms with Crippen molar-refractivity contribution >= 4 is 11.8 Å². The lowest BCUT2D eigenvalue weighted by Crippen LogP contribution is -2.10. The summed E-state index contributed by atoms with van der Waals surface area (Å²) in [6.07, 6.45) is 0. The third kappa shape index (κ3) is 1.69. The number of carbonyl (C=O) groups excluding carboxylic acids is 2. The number of ketones is 1. The van der Waals surface area contributed by atoms with Gasteiger partial charge in [0.25, 0.3) is 5.78 Å². The second-order valence-corrected chi connectivity index (χ2v) is 2.48. The standard InChI is InChI=1S/C9H7O3/c1-6-2-4-7(5-3-6)8(10)9(11)12/h2-5H,1H3. The summed E-state index contributed by atoms with van der Waals surface area (Å²) in [6.45, 7) is 1.85. The van der Waals surface area contributed by atoms with E-state index < -0.39 is 11.8 Å². The summed E-state index contributed by atoms with van der Waals surface area (Å²) in [7, 11) is 0. The first-order valence-corrected chi connectivity index (χ1v) is 3.43. The fraction of sp³-hybridized carbons (Fsp3) is 0.111. The maximum absolute atomic E-state index is 10.8. The van der Waals surface area contributed by atoms with Gasteiger partial charge < -0.3 is 0 Å². The molecule has 1 aromatic carbocycles. The van der Waals surface area contributed by atoms with Gasteiger partial charge in [0.1, 0.15) is 0 Å². The van der Waals surface area contributed by atoms with Gasteiger partial charge in [0, 0.05) is 5.56 Å². The normalized spacial score (nSPS) is 9.42. The van der Waals surface area contributed by atoms with E-state index >= 15 is 0 Å². The van der Waals surface area contributed by atoms with Gasteiger partial charge in [-0.15, -0.1) is 0 Å². The van der Waals surface area contributed by atoms with Crippen LogP contribution in [0, 0.1) is 6.92 Å². The molecule has 0 fully saturated rings. The highest BCUT2D eigenvalue weighted by molar-refractivity contribution is 6.39. The fourth-order valence-corrected chi connectivity index (χ4v) is 0.823. The van der Waals surface area contributed by atoms with Crippen LogP contribution < -0.4 is 0 Å². The molecular formula is C9H7O3. The monoisotopic (exact) mass is 163 g/mol. The van der Waals surface area contributed by atoms with Crippen molar-refractivity contribution in [3.05, 3.63) is 35.4 Å². The van der Waals surface area contributed by atoms with Crippen molar-refractivity contribution in [1.29, 1.82) is 0 Å². The molecule has 0 atom stereocenters. The Hall–Kier alpha value is -1.64. The van der Waals surface area contributed by atoms with Crippen LogP contribution in [0.15, 0.2) is 24.3 Å². The number of benzene rings is 1. The molecule has 0 saturated heterocycles. The summed E-state index contributed by atoms with van der Waals surface area (Å²) >= 11 is 0. The molecule has 0 aliphatic rings. The second kappa shape index (κ2) is 3.17. The zero-order chi connectivity index (χ0) is 9.14. The minimum absolute atomic E-state index is 0.153. The lowest BCUT2D eigenvalue weighted by Gasteiger charge is -1.94. The van der Waals surface area contributed by atoms with Crippen LogP contribution in [0.25, 0.3) is 0 Å². The Morgan fingerprint density at radius 2 is 1.58 bits per heavy atom. The maximum Gasteiger partial charge on any atom is 0.426 e. The SMILES string of the molecule is Cc1ccc(C(=O)C([O])=O)cc1. The average Bonchev–Trinajstić information content (AvgIpc) is 2.04. The Morgan fingerprint density at radius 1 is 1.08 bits per heavy atom. The summed E-state index contributed by atoms with van der Waals surface area (Å²) < 4.78 is 0. The minimum Gasteiger partial charge on any atom is -0.281 e. The first-order chi connectivity index (χ1) is 5.61. The maximum atomic E-state index is 10.8. The fourth-order valence-electron chi connectivity index (χ4n) is 0.823. The Morgan fingerprint density at radius 3 is 2.00 bits per heavy atom. The van der Waals surface area contributed by atoms with Crippen molar-refractivity contribution in [3.63, 3.8) is 0 Å². The van der Waals surface area contributed by atoms with Crippen LogP contribution in [-0.4, -0.2) is 11.8 Å². The molecule has 0 aromatic heterocycles. The van der Waals surface area contributed by atoms with E-state index in [4.69, 9.17) is 0 Å². The predicted molar refractivity (Wildman–Crippen MR) is 41.2 cm³/mol. The molecule has 0 amide bonds. The minimum atomic E-state index is -1.67. The van der Waals surface area contributed by atoms with Crippen molar-refractivity contribution < 1.29 is 14.7 Å². The van der Waals surface area contributed by atoms with Gasteiger partial charge in [0.2, 0.25) is 0 Å². The third-order valence-electron chi connectivity index (χ3n) is 1.50. The van der Waals surface area contributed by atoms with Crippen LogP contribution in [0.5, 0.6) is 0 Å². The number of aryl methyl sites for hydroxylation is 1. The number of Topliss-reactive ketones (excluding diaryl/α,β-unsaturated/α-hetero) is 1. The van der Waals surface area contributed by atoms with Crippen LogP contribution >= 0.6 is 0 Å². The van der Waals surface area contributed by atoms with Crippen molar-refractivity contribution in [2.75, 3.05) is 0 Å². The van der Waals surface area contributed by atoms with E-state index in [-0.39, 0.29) is 5.56 Å². The summed E-state index contributed by atoms with van der Waals surface area (Å²) in [5, 5.41) is 10.1. The van der Waals surface area contributed by atoms with Gasteiger partial charge in [-0.05, 0) is 6.92 Å². The van der Waals surface area contributed by atoms with E-state index in [1.165, 1.54) is 12.1 Å². The quantitative estimate of drug-likeness (QED) is 0.484. The Balaban J connectivity index is 2.98. The largest absolute Gasteiger partial charge is 0.426 e. The van der Waals surface area contributed by atoms with Crippen molar-refractivity contribution in [1.82, 2.24) is 0 Å². The number of carbonyl (C=O) groups is 2. The molecule has 1 rings (SSSR count). The van der Waals surface area contributed by atoms with Gasteiger partial charge in [-0.25, -0.2) is 9.90 Å². The van der Waals surface area contributed by atoms with Crippen molar-refractivity contribution in [2.45, 2.75) is 6.92 Å². The molecule has 0 spiro atoms. The van der Waals surface area contributed by atoms with E-state index in [1.807, 2.05) is 6.92 Å². The third-order valence-corrected chi connectivity index (χ3v) is 1.50. The Kier molecular flexibility index (Phi) is 2.24. The molecule has 0 aliphatic carbocycles. The molecule has 0 heterocycles. The van der Waals surface area contributed by atoms with Crippen LogP contribution in [0.1, 0.15) is 15.9 Å². The molecule has 1 aromatic rings. The van der Waals surface area contributed by atoms with Gasteiger partial charge in [-0.1, -0.05) is 29.8 Å². The molecule has 3 nitrogen and oxygen atoms in total. The summed E-state index contributed by atoms with van der Waals surface area (Å²) in [6, 6.07) is 6.28. The number of hydrogen-bond donors (Lipinski definition) is 0. The van der Waals surface area contributed by atoms with Crippen molar-refractivity contribution in [3.8, 4) is 0 Å². The Labute approximate surface area is 69.6 Å². The lowest BCUT2D eigenvalue weighted by molar-refractivity contribution is -0.137. The van der Waals surface area contributed by atoms with E-state index in [1.54, 1.807) is 12.1 Å². The molecule has 0 N–H and O–H groups in total. The average molecular weight is 163 g/mol. The highest BCUT2D eigenvalue weighted by atomic mass is 16.4. The predicted octanol–water partition coefficient (Wildman–Crippen LogP) is 1.13. The summed E-state index contributed by atoms with van der Waals surface area (Å²) in [5.41, 5.74) is 1.13. The lowest BCUT2D eigenvalue weighted by atomic mass is 10.1. The Bertz CT molecular complexity index is 311. The highest BCUT2D eigenvalue weighted by Crippen LogP contribution is 2.03. The topological polar surface area (TPSA) is 54.0 Å². The molecule has 1 radical (unpaired) electrons. The molecule has 3 heteroatoms. The zero-order valence-corrected chi connectivity index (χ0v) is 6.53. The van der Waals surface area contributed by atoms with Crippen LogP contribution in [0.3, 0.4) is 0 Å². The molecule has 0 unspecified atom stereocenters. The van der Waals surface area contributed by atoms with Gasteiger partial charge in [-0.2, -0.15) is 0 Å². The van der Waals surface area contributed by atoms with Crippen molar-refractivity contribution in [2.24, 2.45) is 0 Å². The van der Waals surface area contributed by atoms with E-state index in [0.29, 0.717) is 0 Å². The molecule has 12 heavy (non-hydrogen) atoms. The van der Waals surface area contributed by atoms with Gasteiger partial charge in [0.05, 0.1) is 0 Å². The number of rotatable bonds is 2. The van der Waals surface area contributed by atoms with Crippen LogP contribution in [0.2, 0.25) is 0 Å². The highest BCUT2D eigenvalue weighted by Gasteiger charge is 2.15. The van der Waals surface area contributed by atoms with Gasteiger partial charge in [0.15, 0.2) is 0 Å². The molecule has 0 aliphatic heterocycles. The van der Waals surface area contributed by atoms with E-state index in [2.05, 4.69) is 0 Å². The molecule has 0 saturated carbocycles. The zero-order valence-electron chi connectivity index (χ0n) is 6.53. The molecular weight excluding hydrogens is 156 g/mol. The second-order valence-electron chi connectivity index (χ2n) is 2.48. The van der Waals surface area contributed by atoms with Crippen LogP contribution in [0.4, 0.5) is 0 Å².